The van der Waals surface area contributed by atoms with Crippen LogP contribution in [0.25, 0.3) is 0 Å². The Kier molecular flexibility index (Phi) is 6.04. The highest BCUT2D eigenvalue weighted by molar-refractivity contribution is 6.47. The van der Waals surface area contributed by atoms with Gasteiger partial charge in [0.1, 0.15) is 11.3 Å². The van der Waals surface area contributed by atoms with Gasteiger partial charge in [-0.15, -0.1) is 0 Å². The number of esters is 1. The molecule has 7 heteroatoms. The predicted octanol–water partition coefficient (Wildman–Crippen LogP) is 1.49. The number of fused-ring (bicyclic) bond motifs is 1. The summed E-state index contributed by atoms with van der Waals surface area (Å²) in [5, 5.41) is 12.9. The van der Waals surface area contributed by atoms with E-state index in [1.807, 2.05) is 19.9 Å². The van der Waals surface area contributed by atoms with Crippen molar-refractivity contribution in [2.75, 3.05) is 6.61 Å². The van der Waals surface area contributed by atoms with Crippen LogP contribution in [-0.2, 0) is 16.0 Å². The standard InChI is InChI=1S/C16H22BNO5/c1-3-6-14(19)18-13-10-11-7-5-8-12(15(11)23-17(13)21)16(20)22-9-4-2/h5,7-8,13,21H,3-4,6,9-10H2,1-2H3,(H,18,19). The number of nitrogens with one attached hydrogen (secondary N) is 1. The van der Waals surface area contributed by atoms with E-state index < -0.39 is 19.0 Å². The monoisotopic (exact) mass is 319 g/mol. The van der Waals surface area contributed by atoms with Crippen LogP contribution in [0.1, 0.15) is 49.0 Å². The SMILES string of the molecule is CCCOC(=O)c1cccc2c1OB(O)C(NC(=O)CCC)C2. The second kappa shape index (κ2) is 8.01. The Morgan fingerprint density at radius 3 is 2.87 bits per heavy atom. The molecule has 0 saturated carbocycles. The first-order valence-electron chi connectivity index (χ1n) is 7.99. The van der Waals surface area contributed by atoms with E-state index in [1.165, 1.54) is 0 Å². The van der Waals surface area contributed by atoms with E-state index in [2.05, 4.69) is 5.32 Å². The molecule has 2 rings (SSSR count). The van der Waals surface area contributed by atoms with E-state index in [-0.39, 0.29) is 5.91 Å². The largest absolute Gasteiger partial charge is 0.547 e. The third kappa shape index (κ3) is 4.25. The lowest BCUT2D eigenvalue weighted by molar-refractivity contribution is -0.121. The molecule has 1 unspecified atom stereocenters. The second-order valence-electron chi connectivity index (χ2n) is 5.57. The Balaban J connectivity index is 2.15. The molecule has 1 aliphatic heterocycles. The average Bonchev–Trinajstić information content (AvgIpc) is 2.53. The Morgan fingerprint density at radius 2 is 2.17 bits per heavy atom. The number of hydrogen-bond donors (Lipinski definition) is 2. The van der Waals surface area contributed by atoms with E-state index >= 15 is 0 Å². The van der Waals surface area contributed by atoms with Gasteiger partial charge in [-0.25, -0.2) is 4.79 Å². The van der Waals surface area contributed by atoms with Crippen molar-refractivity contribution in [2.45, 2.75) is 45.5 Å². The number of ether oxygens (including phenoxy) is 1. The Morgan fingerprint density at radius 1 is 1.39 bits per heavy atom. The molecule has 6 nitrogen and oxygen atoms in total. The van der Waals surface area contributed by atoms with E-state index in [1.54, 1.807) is 12.1 Å². The molecule has 0 spiro atoms. The molecule has 0 radical (unpaired) electrons. The highest BCUT2D eigenvalue weighted by Crippen LogP contribution is 2.30. The van der Waals surface area contributed by atoms with Crippen molar-refractivity contribution >= 4 is 19.0 Å². The van der Waals surface area contributed by atoms with E-state index in [9.17, 15) is 14.6 Å². The fraction of sp³-hybridized carbons (Fsp3) is 0.500. The van der Waals surface area contributed by atoms with Crippen molar-refractivity contribution in [3.05, 3.63) is 29.3 Å². The van der Waals surface area contributed by atoms with Crippen LogP contribution in [-0.4, -0.2) is 36.6 Å². The normalized spacial score (nSPS) is 16.3. The van der Waals surface area contributed by atoms with Gasteiger partial charge < -0.3 is 19.7 Å². The maximum atomic E-state index is 12.1. The lowest BCUT2D eigenvalue weighted by Gasteiger charge is -2.29. The molecule has 1 amide bonds. The van der Waals surface area contributed by atoms with Crippen molar-refractivity contribution < 1.29 is 24.0 Å². The van der Waals surface area contributed by atoms with Crippen LogP contribution < -0.4 is 9.97 Å². The summed E-state index contributed by atoms with van der Waals surface area (Å²) in [6.07, 6.45) is 2.27. The Hall–Kier alpha value is -2.02. The van der Waals surface area contributed by atoms with Crippen LogP contribution in [0.3, 0.4) is 0 Å². The summed E-state index contributed by atoms with van der Waals surface area (Å²) in [6, 6.07) is 5.17. The minimum Gasteiger partial charge on any atom is -0.534 e. The fourth-order valence-corrected chi connectivity index (χ4v) is 2.49. The average molecular weight is 319 g/mol. The van der Waals surface area contributed by atoms with Gasteiger partial charge in [0.2, 0.25) is 5.91 Å². The van der Waals surface area contributed by atoms with Crippen LogP contribution in [0.2, 0.25) is 0 Å². The van der Waals surface area contributed by atoms with Gasteiger partial charge in [0.05, 0.1) is 12.5 Å². The molecule has 1 atom stereocenters. The molecule has 0 aromatic heterocycles. The minimum absolute atomic E-state index is 0.123. The molecule has 1 aromatic carbocycles. The van der Waals surface area contributed by atoms with E-state index in [0.717, 1.165) is 18.4 Å². The van der Waals surface area contributed by atoms with Crippen molar-refractivity contribution in [3.63, 3.8) is 0 Å². The summed E-state index contributed by atoms with van der Waals surface area (Å²) in [5.41, 5.74) is 1.07. The van der Waals surface area contributed by atoms with Crippen LogP contribution in [0, 0.1) is 0 Å². The number of carbonyl (C=O) groups excluding carboxylic acids is 2. The van der Waals surface area contributed by atoms with Gasteiger partial charge >= 0.3 is 13.1 Å². The number of para-hydroxylation sites is 1. The van der Waals surface area contributed by atoms with Crippen molar-refractivity contribution in [3.8, 4) is 5.75 Å². The quantitative estimate of drug-likeness (QED) is 0.613. The predicted molar refractivity (Wildman–Crippen MR) is 86.2 cm³/mol. The molecular formula is C16H22BNO5. The lowest BCUT2D eigenvalue weighted by atomic mass is 9.72. The molecule has 1 heterocycles. The first-order chi connectivity index (χ1) is 11.1. The maximum absolute atomic E-state index is 12.1. The van der Waals surface area contributed by atoms with Crippen LogP contribution in [0.15, 0.2) is 18.2 Å². The number of hydrogen-bond acceptors (Lipinski definition) is 5. The lowest BCUT2D eigenvalue weighted by Crippen LogP contribution is -2.53. The summed E-state index contributed by atoms with van der Waals surface area (Å²) in [7, 11) is -1.19. The van der Waals surface area contributed by atoms with Crippen LogP contribution >= 0.6 is 0 Å². The van der Waals surface area contributed by atoms with Gasteiger partial charge in [-0.1, -0.05) is 26.0 Å². The van der Waals surface area contributed by atoms with Gasteiger partial charge in [0.25, 0.3) is 0 Å². The zero-order valence-corrected chi connectivity index (χ0v) is 13.5. The number of rotatable bonds is 6. The topological polar surface area (TPSA) is 84.9 Å². The summed E-state index contributed by atoms with van der Waals surface area (Å²) < 4.78 is 10.6. The summed E-state index contributed by atoms with van der Waals surface area (Å²) in [6.45, 7) is 4.16. The van der Waals surface area contributed by atoms with Gasteiger partial charge in [0, 0.05) is 6.42 Å². The van der Waals surface area contributed by atoms with Gasteiger partial charge in [0.15, 0.2) is 0 Å². The highest BCUT2D eigenvalue weighted by atomic mass is 16.5. The molecule has 1 aromatic rings. The summed E-state index contributed by atoms with van der Waals surface area (Å²) in [4.78, 5) is 23.8. The Bertz CT molecular complexity index is 578. The molecule has 23 heavy (non-hydrogen) atoms. The van der Waals surface area contributed by atoms with Gasteiger partial charge in [-0.3, -0.25) is 4.79 Å². The third-order valence-electron chi connectivity index (χ3n) is 3.60. The van der Waals surface area contributed by atoms with Gasteiger partial charge in [-0.05, 0) is 30.9 Å². The first kappa shape index (κ1) is 17.3. The molecule has 2 N–H and O–H groups in total. The molecule has 0 bridgehead atoms. The number of amides is 1. The van der Waals surface area contributed by atoms with E-state index in [4.69, 9.17) is 9.39 Å². The van der Waals surface area contributed by atoms with E-state index in [0.29, 0.717) is 30.8 Å². The zero-order valence-electron chi connectivity index (χ0n) is 13.5. The molecule has 0 aliphatic carbocycles. The highest BCUT2D eigenvalue weighted by Gasteiger charge is 2.37. The van der Waals surface area contributed by atoms with Crippen molar-refractivity contribution in [2.24, 2.45) is 0 Å². The van der Waals surface area contributed by atoms with Gasteiger partial charge in [-0.2, -0.15) is 0 Å². The molecule has 1 aliphatic rings. The summed E-state index contributed by atoms with van der Waals surface area (Å²) in [5.74, 6) is -0.781. The van der Waals surface area contributed by atoms with Crippen LogP contribution in [0.4, 0.5) is 0 Å². The van der Waals surface area contributed by atoms with Crippen molar-refractivity contribution in [1.82, 2.24) is 5.32 Å². The molecule has 124 valence electrons. The first-order valence-corrected chi connectivity index (χ1v) is 7.99. The molecule has 0 fully saturated rings. The summed E-state index contributed by atoms with van der Waals surface area (Å²) >= 11 is 0. The number of benzene rings is 1. The smallest absolute Gasteiger partial charge is 0.534 e. The minimum atomic E-state index is -1.19. The Labute approximate surface area is 136 Å². The molecule has 0 saturated heterocycles. The molecular weight excluding hydrogens is 297 g/mol. The van der Waals surface area contributed by atoms with Crippen molar-refractivity contribution in [1.29, 1.82) is 0 Å². The zero-order chi connectivity index (χ0) is 16.8. The maximum Gasteiger partial charge on any atom is 0.547 e. The second-order valence-corrected chi connectivity index (χ2v) is 5.57. The fourth-order valence-electron chi connectivity index (χ4n) is 2.49. The third-order valence-corrected chi connectivity index (χ3v) is 3.60. The number of carbonyl (C=O) groups is 2. The van der Waals surface area contributed by atoms with Crippen LogP contribution in [0.5, 0.6) is 5.75 Å².